The minimum Gasteiger partial charge on any atom is -0.462 e. The third kappa shape index (κ3) is 2.74. The van der Waals surface area contributed by atoms with Gasteiger partial charge in [-0.05, 0) is 25.8 Å². The molecule has 1 N–H and O–H groups in total. The van der Waals surface area contributed by atoms with Crippen LogP contribution in [-0.4, -0.2) is 28.3 Å². The highest BCUT2D eigenvalue weighted by Crippen LogP contribution is 2.30. The third-order valence-electron chi connectivity index (χ3n) is 3.72. The Bertz CT molecular complexity index is 852. The molecule has 0 saturated carbocycles. The molecule has 23 heavy (non-hydrogen) atoms. The highest BCUT2D eigenvalue weighted by atomic mass is 32.1. The molecule has 7 nitrogen and oxygen atoms in total. The summed E-state index contributed by atoms with van der Waals surface area (Å²) in [6.07, 6.45) is 1.03. The van der Waals surface area contributed by atoms with Gasteiger partial charge in [-0.2, -0.15) is 0 Å². The number of aromatic nitrogens is 2. The number of aromatic amines is 1. The van der Waals surface area contributed by atoms with E-state index >= 15 is 0 Å². The number of H-pyrrole nitrogens is 1. The largest absolute Gasteiger partial charge is 0.462 e. The predicted octanol–water partition coefficient (Wildman–Crippen LogP) is 2.70. The minimum absolute atomic E-state index is 0.275. The standard InChI is InChI=1S/C15H17N3O4S/c1-4-8-6-9(22-18-8)12-16-13(19)10-7(3)11(15(20)21-5-2)23-14(10)17-12/h9H,4-6H2,1-3H3,(H,16,17,19)/t9-/m0/s1. The zero-order chi connectivity index (χ0) is 16.6. The molecular formula is C15H17N3O4S. The molecule has 3 rings (SSSR count). The third-order valence-corrected chi connectivity index (χ3v) is 4.89. The number of esters is 1. The summed E-state index contributed by atoms with van der Waals surface area (Å²) < 4.78 is 5.03. The van der Waals surface area contributed by atoms with E-state index in [4.69, 9.17) is 9.57 Å². The van der Waals surface area contributed by atoms with Gasteiger partial charge in [0, 0.05) is 6.42 Å². The van der Waals surface area contributed by atoms with Gasteiger partial charge >= 0.3 is 5.97 Å². The van der Waals surface area contributed by atoms with Gasteiger partial charge in [0.25, 0.3) is 5.56 Å². The van der Waals surface area contributed by atoms with Gasteiger partial charge in [-0.15, -0.1) is 11.3 Å². The van der Waals surface area contributed by atoms with E-state index < -0.39 is 5.97 Å². The molecule has 0 unspecified atom stereocenters. The maximum Gasteiger partial charge on any atom is 0.348 e. The van der Waals surface area contributed by atoms with Crippen molar-refractivity contribution in [3.05, 3.63) is 26.6 Å². The summed E-state index contributed by atoms with van der Waals surface area (Å²) in [6, 6.07) is 0. The summed E-state index contributed by atoms with van der Waals surface area (Å²) in [4.78, 5) is 37.8. The van der Waals surface area contributed by atoms with E-state index in [1.165, 1.54) is 11.3 Å². The summed E-state index contributed by atoms with van der Waals surface area (Å²) >= 11 is 1.17. The second-order valence-corrected chi connectivity index (χ2v) is 6.22. The van der Waals surface area contributed by atoms with Crippen molar-refractivity contribution in [3.8, 4) is 0 Å². The molecule has 3 heterocycles. The summed E-state index contributed by atoms with van der Waals surface area (Å²) in [5, 5.41) is 4.41. The zero-order valence-electron chi connectivity index (χ0n) is 13.1. The number of rotatable bonds is 4. The molecular weight excluding hydrogens is 318 g/mol. The van der Waals surface area contributed by atoms with Crippen LogP contribution in [0.3, 0.4) is 0 Å². The Hall–Kier alpha value is -2.22. The van der Waals surface area contributed by atoms with E-state index in [2.05, 4.69) is 15.1 Å². The number of nitrogens with zero attached hydrogens (tertiary/aromatic N) is 2. The number of carbonyl (C=O) groups is 1. The highest BCUT2D eigenvalue weighted by Gasteiger charge is 2.26. The van der Waals surface area contributed by atoms with Gasteiger partial charge in [0.1, 0.15) is 9.71 Å². The van der Waals surface area contributed by atoms with E-state index in [0.29, 0.717) is 32.9 Å². The Labute approximate surface area is 136 Å². The van der Waals surface area contributed by atoms with Crippen LogP contribution in [0.15, 0.2) is 9.95 Å². The molecule has 1 atom stereocenters. The molecule has 0 saturated heterocycles. The summed E-state index contributed by atoms with van der Waals surface area (Å²) in [5.74, 6) is 0.00836. The van der Waals surface area contributed by atoms with Crippen molar-refractivity contribution in [3.63, 3.8) is 0 Å². The smallest absolute Gasteiger partial charge is 0.348 e. The predicted molar refractivity (Wildman–Crippen MR) is 87.1 cm³/mol. The first-order valence-electron chi connectivity index (χ1n) is 7.47. The molecule has 0 bridgehead atoms. The fraction of sp³-hybridized carbons (Fsp3) is 0.467. The Morgan fingerprint density at radius 2 is 2.26 bits per heavy atom. The zero-order valence-corrected chi connectivity index (χ0v) is 14.0. The Kier molecular flexibility index (Phi) is 4.16. The number of thiophene rings is 1. The Morgan fingerprint density at radius 1 is 1.48 bits per heavy atom. The lowest BCUT2D eigenvalue weighted by molar-refractivity contribution is 0.0531. The van der Waals surface area contributed by atoms with Gasteiger partial charge in [-0.25, -0.2) is 9.78 Å². The van der Waals surface area contributed by atoms with Gasteiger partial charge in [0.2, 0.25) is 0 Å². The lowest BCUT2D eigenvalue weighted by atomic mass is 10.1. The van der Waals surface area contributed by atoms with E-state index in [9.17, 15) is 9.59 Å². The summed E-state index contributed by atoms with van der Waals surface area (Å²) in [7, 11) is 0. The number of hydrogen-bond acceptors (Lipinski definition) is 7. The number of ether oxygens (including phenoxy) is 1. The van der Waals surface area contributed by atoms with Crippen LogP contribution in [0, 0.1) is 6.92 Å². The molecule has 8 heteroatoms. The van der Waals surface area contributed by atoms with E-state index in [1.54, 1.807) is 13.8 Å². The van der Waals surface area contributed by atoms with Crippen molar-refractivity contribution in [2.75, 3.05) is 6.61 Å². The summed E-state index contributed by atoms with van der Waals surface area (Å²) in [6.45, 7) is 5.76. The first-order valence-corrected chi connectivity index (χ1v) is 8.28. The van der Waals surface area contributed by atoms with Crippen LogP contribution in [0.4, 0.5) is 0 Å². The topological polar surface area (TPSA) is 93.6 Å². The van der Waals surface area contributed by atoms with Crippen LogP contribution >= 0.6 is 11.3 Å². The maximum atomic E-state index is 12.4. The van der Waals surface area contributed by atoms with Gasteiger partial charge < -0.3 is 14.6 Å². The lowest BCUT2D eigenvalue weighted by Crippen LogP contribution is -2.15. The monoisotopic (exact) mass is 335 g/mol. The molecule has 2 aromatic heterocycles. The van der Waals surface area contributed by atoms with Crippen molar-refractivity contribution >= 4 is 33.2 Å². The van der Waals surface area contributed by atoms with Crippen LogP contribution in [0.2, 0.25) is 0 Å². The fourth-order valence-corrected chi connectivity index (χ4v) is 3.57. The summed E-state index contributed by atoms with van der Waals surface area (Å²) in [5.41, 5.74) is 1.26. The Morgan fingerprint density at radius 3 is 2.91 bits per heavy atom. The van der Waals surface area contributed by atoms with Gasteiger partial charge in [-0.3, -0.25) is 4.79 Å². The first kappa shape index (κ1) is 15.7. The molecule has 122 valence electrons. The average molecular weight is 335 g/mol. The van der Waals surface area contributed by atoms with Gasteiger partial charge in [-0.1, -0.05) is 12.1 Å². The van der Waals surface area contributed by atoms with Crippen LogP contribution in [-0.2, 0) is 9.57 Å². The van der Waals surface area contributed by atoms with Crippen molar-refractivity contribution < 1.29 is 14.4 Å². The molecule has 0 aromatic carbocycles. The quantitative estimate of drug-likeness (QED) is 0.867. The van der Waals surface area contributed by atoms with Crippen molar-refractivity contribution in [2.45, 2.75) is 39.7 Å². The lowest BCUT2D eigenvalue weighted by Gasteiger charge is -2.06. The number of hydrogen-bond donors (Lipinski definition) is 1. The maximum absolute atomic E-state index is 12.4. The number of carbonyl (C=O) groups excluding carboxylic acids is 1. The van der Waals surface area contributed by atoms with E-state index in [0.717, 1.165) is 12.1 Å². The SMILES string of the molecule is CCOC(=O)c1sc2nc([C@@H]3CC(CC)=NO3)[nH]c(=O)c2c1C. The van der Waals surface area contributed by atoms with Crippen LogP contribution in [0.25, 0.3) is 10.2 Å². The second kappa shape index (κ2) is 6.11. The van der Waals surface area contributed by atoms with Crippen molar-refractivity contribution in [1.82, 2.24) is 9.97 Å². The van der Waals surface area contributed by atoms with E-state index in [1.807, 2.05) is 6.92 Å². The first-order chi connectivity index (χ1) is 11.0. The van der Waals surface area contributed by atoms with Gasteiger partial charge in [0.05, 0.1) is 17.7 Å². The van der Waals surface area contributed by atoms with Crippen molar-refractivity contribution in [2.24, 2.45) is 5.16 Å². The van der Waals surface area contributed by atoms with Crippen LogP contribution < -0.4 is 5.56 Å². The molecule has 1 aliphatic heterocycles. The molecule has 0 spiro atoms. The van der Waals surface area contributed by atoms with Crippen LogP contribution in [0.5, 0.6) is 0 Å². The fourth-order valence-electron chi connectivity index (χ4n) is 2.49. The number of nitrogens with one attached hydrogen (secondary N) is 1. The number of fused-ring (bicyclic) bond motifs is 1. The highest BCUT2D eigenvalue weighted by molar-refractivity contribution is 7.20. The molecule has 1 aliphatic rings. The second-order valence-electron chi connectivity index (χ2n) is 5.22. The molecule has 0 fully saturated rings. The molecule has 0 radical (unpaired) electrons. The molecule has 2 aromatic rings. The van der Waals surface area contributed by atoms with Crippen molar-refractivity contribution in [1.29, 1.82) is 0 Å². The van der Waals surface area contributed by atoms with Gasteiger partial charge in [0.15, 0.2) is 11.9 Å². The minimum atomic E-state index is -0.428. The normalized spacial score (nSPS) is 17.2. The Balaban J connectivity index is 2.02. The molecule has 0 aliphatic carbocycles. The average Bonchev–Trinajstić information content (AvgIpc) is 3.12. The number of aryl methyl sites for hydroxylation is 1. The van der Waals surface area contributed by atoms with E-state index in [-0.39, 0.29) is 18.3 Å². The molecule has 0 amide bonds. The number of oxime groups is 1. The van der Waals surface area contributed by atoms with Crippen LogP contribution in [0.1, 0.15) is 53.9 Å².